The van der Waals surface area contributed by atoms with E-state index in [-0.39, 0.29) is 24.8 Å². The molecule has 0 amide bonds. The standard InChI is InChI=1S/C15H19N3O2S.2ClH/c19-21(20,18-9-2-1-6-16-8-10-18)15-4-3-14-12-17-7-5-13(14)11-15;;/h3-5,7,11-12,16H,1-2,6,8-10H2;2*1H. The molecular formula is C15H21Cl2N3O2S. The fourth-order valence-electron chi connectivity index (χ4n) is 2.59. The van der Waals surface area contributed by atoms with Crippen molar-refractivity contribution >= 4 is 45.6 Å². The van der Waals surface area contributed by atoms with E-state index >= 15 is 0 Å². The lowest BCUT2D eigenvalue weighted by atomic mass is 10.2. The van der Waals surface area contributed by atoms with Crippen LogP contribution in [0.25, 0.3) is 10.8 Å². The van der Waals surface area contributed by atoms with Crippen molar-refractivity contribution in [2.75, 3.05) is 26.2 Å². The first-order valence-corrected chi connectivity index (χ1v) is 8.66. The zero-order chi connectivity index (χ0) is 14.7. The summed E-state index contributed by atoms with van der Waals surface area (Å²) in [6.45, 7) is 2.79. The molecule has 1 aliphatic heterocycles. The summed E-state index contributed by atoms with van der Waals surface area (Å²) in [6, 6.07) is 7.06. The monoisotopic (exact) mass is 377 g/mol. The third-order valence-electron chi connectivity index (χ3n) is 3.80. The number of pyridine rings is 1. The maximum atomic E-state index is 12.8. The van der Waals surface area contributed by atoms with Gasteiger partial charge in [-0.25, -0.2) is 8.42 Å². The largest absolute Gasteiger partial charge is 0.315 e. The van der Waals surface area contributed by atoms with Crippen LogP contribution in [-0.4, -0.2) is 43.9 Å². The molecule has 0 atom stereocenters. The molecule has 1 saturated heterocycles. The molecule has 128 valence electrons. The molecule has 0 saturated carbocycles. The predicted molar refractivity (Wildman–Crippen MR) is 97.1 cm³/mol. The minimum absolute atomic E-state index is 0. The number of nitrogens with zero attached hydrogens (tertiary/aromatic N) is 2. The van der Waals surface area contributed by atoms with Gasteiger partial charge in [0.05, 0.1) is 4.90 Å². The molecule has 5 nitrogen and oxygen atoms in total. The number of rotatable bonds is 2. The zero-order valence-electron chi connectivity index (χ0n) is 12.6. The summed E-state index contributed by atoms with van der Waals surface area (Å²) in [5, 5.41) is 5.11. The lowest BCUT2D eigenvalue weighted by Gasteiger charge is -2.24. The Morgan fingerprint density at radius 2 is 1.83 bits per heavy atom. The molecule has 23 heavy (non-hydrogen) atoms. The van der Waals surface area contributed by atoms with Gasteiger partial charge in [-0.05, 0) is 43.0 Å². The first-order valence-electron chi connectivity index (χ1n) is 7.22. The van der Waals surface area contributed by atoms with Crippen LogP contribution in [0.15, 0.2) is 41.6 Å². The van der Waals surface area contributed by atoms with E-state index in [1.807, 2.05) is 12.1 Å². The van der Waals surface area contributed by atoms with E-state index in [1.54, 1.807) is 28.8 Å². The van der Waals surface area contributed by atoms with Crippen molar-refractivity contribution < 1.29 is 8.42 Å². The summed E-state index contributed by atoms with van der Waals surface area (Å²) in [6.07, 6.45) is 5.32. The topological polar surface area (TPSA) is 62.3 Å². The SMILES string of the molecule is Cl.Cl.O=S(=O)(c1ccc2cnccc2c1)N1CCCCNCC1. The number of nitrogens with one attached hydrogen (secondary N) is 1. The van der Waals surface area contributed by atoms with Crippen molar-refractivity contribution in [2.24, 2.45) is 0 Å². The Morgan fingerprint density at radius 3 is 2.65 bits per heavy atom. The van der Waals surface area contributed by atoms with Gasteiger partial charge < -0.3 is 5.32 Å². The third-order valence-corrected chi connectivity index (χ3v) is 5.69. The number of benzene rings is 1. The summed E-state index contributed by atoms with van der Waals surface area (Å²) >= 11 is 0. The van der Waals surface area contributed by atoms with Crippen molar-refractivity contribution in [3.63, 3.8) is 0 Å². The van der Waals surface area contributed by atoms with Gasteiger partial charge in [0.25, 0.3) is 0 Å². The molecule has 2 aromatic rings. The van der Waals surface area contributed by atoms with Crippen LogP contribution >= 0.6 is 24.8 Å². The normalized spacial score (nSPS) is 16.7. The molecule has 0 bridgehead atoms. The van der Waals surface area contributed by atoms with E-state index in [1.165, 1.54) is 0 Å². The van der Waals surface area contributed by atoms with Crippen molar-refractivity contribution in [1.82, 2.24) is 14.6 Å². The first-order chi connectivity index (χ1) is 10.2. The average Bonchev–Trinajstić information content (AvgIpc) is 2.46. The van der Waals surface area contributed by atoms with Crippen LogP contribution in [0.3, 0.4) is 0 Å². The Labute approximate surface area is 149 Å². The van der Waals surface area contributed by atoms with Crippen LogP contribution in [0.4, 0.5) is 0 Å². The Balaban J connectivity index is 0.00000132. The number of hydrogen-bond acceptors (Lipinski definition) is 4. The highest BCUT2D eigenvalue weighted by Crippen LogP contribution is 2.21. The number of sulfonamides is 1. The summed E-state index contributed by atoms with van der Waals surface area (Å²) in [5.41, 5.74) is 0. The van der Waals surface area contributed by atoms with Crippen molar-refractivity contribution in [1.29, 1.82) is 0 Å². The number of aromatic nitrogens is 1. The molecule has 0 radical (unpaired) electrons. The van der Waals surface area contributed by atoms with Gasteiger partial charge in [0.1, 0.15) is 0 Å². The fourth-order valence-corrected chi connectivity index (χ4v) is 4.11. The van der Waals surface area contributed by atoms with Gasteiger partial charge in [-0.1, -0.05) is 6.07 Å². The molecule has 1 fully saturated rings. The quantitative estimate of drug-likeness (QED) is 0.872. The summed E-state index contributed by atoms with van der Waals surface area (Å²) in [7, 11) is -3.42. The van der Waals surface area contributed by atoms with Crippen molar-refractivity contribution in [2.45, 2.75) is 17.7 Å². The fraction of sp³-hybridized carbons (Fsp3) is 0.400. The van der Waals surface area contributed by atoms with E-state index in [2.05, 4.69) is 10.3 Å². The molecule has 1 aromatic carbocycles. The van der Waals surface area contributed by atoms with Gasteiger partial charge in [-0.3, -0.25) is 4.98 Å². The second-order valence-electron chi connectivity index (χ2n) is 5.25. The van der Waals surface area contributed by atoms with E-state index in [0.717, 1.165) is 30.2 Å². The minimum Gasteiger partial charge on any atom is -0.315 e. The highest BCUT2D eigenvalue weighted by Gasteiger charge is 2.24. The summed E-state index contributed by atoms with van der Waals surface area (Å²) in [5.74, 6) is 0. The molecule has 8 heteroatoms. The number of fused-ring (bicyclic) bond motifs is 1. The zero-order valence-corrected chi connectivity index (χ0v) is 15.1. The molecule has 1 aromatic heterocycles. The second-order valence-corrected chi connectivity index (χ2v) is 7.18. The highest BCUT2D eigenvalue weighted by molar-refractivity contribution is 7.89. The average molecular weight is 378 g/mol. The smallest absolute Gasteiger partial charge is 0.243 e. The van der Waals surface area contributed by atoms with Crippen LogP contribution in [-0.2, 0) is 10.0 Å². The Bertz CT molecular complexity index is 732. The van der Waals surface area contributed by atoms with Crippen LogP contribution in [0.1, 0.15) is 12.8 Å². The molecule has 1 N–H and O–H groups in total. The van der Waals surface area contributed by atoms with Crippen molar-refractivity contribution in [3.8, 4) is 0 Å². The maximum absolute atomic E-state index is 12.8. The Morgan fingerprint density at radius 1 is 1.00 bits per heavy atom. The number of halogens is 2. The lowest BCUT2D eigenvalue weighted by molar-refractivity contribution is 0.373. The van der Waals surface area contributed by atoms with E-state index in [4.69, 9.17) is 0 Å². The molecule has 0 unspecified atom stereocenters. The van der Waals surface area contributed by atoms with E-state index < -0.39 is 10.0 Å². The molecule has 3 rings (SSSR count). The molecule has 2 heterocycles. The van der Waals surface area contributed by atoms with E-state index in [9.17, 15) is 8.42 Å². The maximum Gasteiger partial charge on any atom is 0.243 e. The minimum atomic E-state index is -3.42. The van der Waals surface area contributed by atoms with Crippen LogP contribution in [0.5, 0.6) is 0 Å². The number of hydrogen-bond donors (Lipinski definition) is 1. The predicted octanol–water partition coefficient (Wildman–Crippen LogP) is 2.45. The van der Waals surface area contributed by atoms with Gasteiger partial charge in [-0.15, -0.1) is 24.8 Å². The van der Waals surface area contributed by atoms with Gasteiger partial charge in [-0.2, -0.15) is 4.31 Å². The third kappa shape index (κ3) is 4.55. The van der Waals surface area contributed by atoms with Gasteiger partial charge in [0.15, 0.2) is 0 Å². The van der Waals surface area contributed by atoms with Crippen LogP contribution in [0.2, 0.25) is 0 Å². The van der Waals surface area contributed by atoms with Gasteiger partial charge >= 0.3 is 0 Å². The summed E-state index contributed by atoms with van der Waals surface area (Å²) in [4.78, 5) is 4.41. The highest BCUT2D eigenvalue weighted by atomic mass is 35.5. The van der Waals surface area contributed by atoms with Crippen molar-refractivity contribution in [3.05, 3.63) is 36.7 Å². The molecule has 1 aliphatic rings. The lowest BCUT2D eigenvalue weighted by Crippen LogP contribution is -2.39. The molecule has 0 aliphatic carbocycles. The molecule has 0 spiro atoms. The summed E-state index contributed by atoms with van der Waals surface area (Å²) < 4.78 is 27.1. The Kier molecular flexibility index (Phi) is 7.70. The first kappa shape index (κ1) is 20.1. The molecular weight excluding hydrogens is 357 g/mol. The van der Waals surface area contributed by atoms with Crippen LogP contribution in [0, 0.1) is 0 Å². The van der Waals surface area contributed by atoms with Gasteiger partial charge in [0.2, 0.25) is 10.0 Å². The Hall–Kier alpha value is -0.920. The van der Waals surface area contributed by atoms with Crippen LogP contribution < -0.4 is 5.32 Å². The second kappa shape index (κ2) is 8.80. The van der Waals surface area contributed by atoms with E-state index in [0.29, 0.717) is 24.5 Å². The van der Waals surface area contributed by atoms with Gasteiger partial charge in [0, 0.05) is 37.4 Å².